The van der Waals surface area contributed by atoms with Crippen molar-refractivity contribution >= 4 is 22.6 Å². The van der Waals surface area contributed by atoms with Gasteiger partial charge in [-0.1, -0.05) is 13.3 Å². The maximum absolute atomic E-state index is 12.2. The summed E-state index contributed by atoms with van der Waals surface area (Å²) in [6.07, 6.45) is 6.45. The Labute approximate surface area is 159 Å². The number of furan rings is 1. The van der Waals surface area contributed by atoms with Gasteiger partial charge in [-0.15, -0.1) is 0 Å². The summed E-state index contributed by atoms with van der Waals surface area (Å²) >= 11 is 0. The predicted octanol–water partition coefficient (Wildman–Crippen LogP) is 4.28. The monoisotopic (exact) mass is 366 g/mol. The van der Waals surface area contributed by atoms with Crippen LogP contribution in [0.4, 0.5) is 5.69 Å². The SMILES string of the molecule is CCCn1c(CN2CCCCC2)nc2cc(NC(=O)c3ccco3)ccc21. The molecule has 0 atom stereocenters. The molecule has 0 unspecified atom stereocenters. The Kier molecular flexibility index (Phi) is 5.25. The van der Waals surface area contributed by atoms with E-state index in [0.29, 0.717) is 5.76 Å². The van der Waals surface area contributed by atoms with Crippen molar-refractivity contribution in [3.05, 3.63) is 48.2 Å². The molecule has 1 fully saturated rings. The van der Waals surface area contributed by atoms with Crippen molar-refractivity contribution in [3.8, 4) is 0 Å². The molecule has 142 valence electrons. The van der Waals surface area contributed by atoms with Gasteiger partial charge in [-0.25, -0.2) is 4.98 Å². The largest absolute Gasteiger partial charge is 0.459 e. The second-order valence-electron chi connectivity index (χ2n) is 7.15. The number of carbonyl (C=O) groups excluding carboxylic acids is 1. The Morgan fingerprint density at radius 2 is 2.07 bits per heavy atom. The highest BCUT2D eigenvalue weighted by atomic mass is 16.3. The summed E-state index contributed by atoms with van der Waals surface area (Å²) < 4.78 is 7.48. The van der Waals surface area contributed by atoms with Gasteiger partial charge in [0.1, 0.15) is 5.82 Å². The highest BCUT2D eigenvalue weighted by molar-refractivity contribution is 6.03. The number of aromatic nitrogens is 2. The number of likely N-dealkylation sites (tertiary alicyclic amines) is 1. The van der Waals surface area contributed by atoms with Gasteiger partial charge in [-0.3, -0.25) is 9.69 Å². The van der Waals surface area contributed by atoms with Crippen molar-refractivity contribution < 1.29 is 9.21 Å². The van der Waals surface area contributed by atoms with E-state index in [1.54, 1.807) is 12.1 Å². The van der Waals surface area contributed by atoms with Crippen LogP contribution in [0.2, 0.25) is 0 Å². The number of carbonyl (C=O) groups is 1. The number of piperidine rings is 1. The smallest absolute Gasteiger partial charge is 0.291 e. The molecule has 0 radical (unpaired) electrons. The van der Waals surface area contributed by atoms with Gasteiger partial charge in [0.2, 0.25) is 0 Å². The van der Waals surface area contributed by atoms with E-state index < -0.39 is 0 Å². The van der Waals surface area contributed by atoms with E-state index in [4.69, 9.17) is 9.40 Å². The number of hydrogen-bond acceptors (Lipinski definition) is 4. The van der Waals surface area contributed by atoms with E-state index in [-0.39, 0.29) is 5.91 Å². The fourth-order valence-corrected chi connectivity index (χ4v) is 3.77. The number of amides is 1. The van der Waals surface area contributed by atoms with Crippen molar-refractivity contribution in [3.63, 3.8) is 0 Å². The number of nitrogens with one attached hydrogen (secondary N) is 1. The van der Waals surface area contributed by atoms with Crippen molar-refractivity contribution in [2.45, 2.75) is 45.7 Å². The first kappa shape index (κ1) is 17.8. The van der Waals surface area contributed by atoms with E-state index >= 15 is 0 Å². The third-order valence-corrected chi connectivity index (χ3v) is 5.09. The zero-order valence-corrected chi connectivity index (χ0v) is 15.8. The summed E-state index contributed by atoms with van der Waals surface area (Å²) in [4.78, 5) is 19.6. The Bertz CT molecular complexity index is 908. The van der Waals surface area contributed by atoms with Crippen LogP contribution in [-0.4, -0.2) is 33.4 Å². The van der Waals surface area contributed by atoms with Crippen LogP contribution in [0.3, 0.4) is 0 Å². The first-order valence-corrected chi connectivity index (χ1v) is 9.81. The van der Waals surface area contributed by atoms with Crippen molar-refractivity contribution in [2.75, 3.05) is 18.4 Å². The lowest BCUT2D eigenvalue weighted by atomic mass is 10.1. The second-order valence-corrected chi connectivity index (χ2v) is 7.15. The summed E-state index contributed by atoms with van der Waals surface area (Å²) in [7, 11) is 0. The highest BCUT2D eigenvalue weighted by Gasteiger charge is 2.17. The molecule has 27 heavy (non-hydrogen) atoms. The lowest BCUT2D eigenvalue weighted by molar-refractivity contribution is 0.0996. The first-order valence-electron chi connectivity index (χ1n) is 9.81. The Balaban J connectivity index is 1.59. The van der Waals surface area contributed by atoms with Crippen LogP contribution in [0.1, 0.15) is 49.0 Å². The minimum Gasteiger partial charge on any atom is -0.459 e. The van der Waals surface area contributed by atoms with E-state index in [1.165, 1.54) is 25.5 Å². The number of nitrogens with zero attached hydrogens (tertiary/aromatic N) is 3. The Hall–Kier alpha value is -2.60. The van der Waals surface area contributed by atoms with Gasteiger partial charge >= 0.3 is 0 Å². The van der Waals surface area contributed by atoms with Gasteiger partial charge in [0.25, 0.3) is 5.91 Å². The Morgan fingerprint density at radius 1 is 1.22 bits per heavy atom. The van der Waals surface area contributed by atoms with Crippen LogP contribution in [0, 0.1) is 0 Å². The van der Waals surface area contributed by atoms with Crippen molar-refractivity contribution in [2.24, 2.45) is 0 Å². The van der Waals surface area contributed by atoms with Crippen LogP contribution in [0.5, 0.6) is 0 Å². The van der Waals surface area contributed by atoms with Crippen LogP contribution in [-0.2, 0) is 13.1 Å². The number of imidazole rings is 1. The van der Waals surface area contributed by atoms with E-state index in [1.807, 2.05) is 12.1 Å². The zero-order chi connectivity index (χ0) is 18.6. The molecule has 0 aliphatic carbocycles. The molecule has 6 heteroatoms. The molecule has 1 amide bonds. The average molecular weight is 366 g/mol. The molecule has 3 heterocycles. The van der Waals surface area contributed by atoms with Gasteiger partial charge in [0, 0.05) is 12.2 Å². The van der Waals surface area contributed by atoms with Gasteiger partial charge < -0.3 is 14.3 Å². The molecule has 6 nitrogen and oxygen atoms in total. The van der Waals surface area contributed by atoms with E-state index in [2.05, 4.69) is 27.8 Å². The quantitative estimate of drug-likeness (QED) is 0.707. The summed E-state index contributed by atoms with van der Waals surface area (Å²) in [5.74, 6) is 1.17. The normalized spacial score (nSPS) is 15.3. The average Bonchev–Trinajstić information content (AvgIpc) is 3.32. The summed E-state index contributed by atoms with van der Waals surface area (Å²) in [5.41, 5.74) is 2.78. The van der Waals surface area contributed by atoms with Crippen molar-refractivity contribution in [1.82, 2.24) is 14.5 Å². The molecule has 0 bridgehead atoms. The second kappa shape index (κ2) is 7.96. The van der Waals surface area contributed by atoms with Gasteiger partial charge in [-0.05, 0) is 62.7 Å². The molecule has 1 aromatic carbocycles. The van der Waals surface area contributed by atoms with Gasteiger partial charge in [0.15, 0.2) is 5.76 Å². The maximum Gasteiger partial charge on any atom is 0.291 e. The van der Waals surface area contributed by atoms with Crippen molar-refractivity contribution in [1.29, 1.82) is 0 Å². The zero-order valence-electron chi connectivity index (χ0n) is 15.8. The molecule has 1 saturated heterocycles. The molecule has 0 spiro atoms. The molecule has 1 aliphatic heterocycles. The van der Waals surface area contributed by atoms with Gasteiger partial charge in [-0.2, -0.15) is 0 Å². The van der Waals surface area contributed by atoms with Crippen LogP contribution in [0.15, 0.2) is 41.0 Å². The number of hydrogen-bond donors (Lipinski definition) is 1. The third-order valence-electron chi connectivity index (χ3n) is 5.09. The maximum atomic E-state index is 12.2. The van der Waals surface area contributed by atoms with E-state index in [9.17, 15) is 4.79 Å². The van der Waals surface area contributed by atoms with E-state index in [0.717, 1.165) is 55.1 Å². The summed E-state index contributed by atoms with van der Waals surface area (Å²) in [6.45, 7) is 6.34. The standard InChI is InChI=1S/C21H26N4O2/c1-2-10-25-18-9-8-16(22-21(26)19-7-6-13-27-19)14-17(18)23-20(25)15-24-11-4-3-5-12-24/h6-9,13-14H,2-5,10-12,15H2,1H3,(H,22,26). The highest BCUT2D eigenvalue weighted by Crippen LogP contribution is 2.23. The molecule has 0 saturated carbocycles. The number of aryl methyl sites for hydroxylation is 1. The molecule has 4 rings (SSSR count). The molecule has 3 aromatic rings. The molecule has 1 aliphatic rings. The van der Waals surface area contributed by atoms with Crippen LogP contribution >= 0.6 is 0 Å². The molecule has 1 N–H and O–H groups in total. The number of rotatable bonds is 6. The summed E-state index contributed by atoms with van der Waals surface area (Å²) in [6, 6.07) is 9.29. The lowest BCUT2D eigenvalue weighted by Crippen LogP contribution is -2.30. The van der Waals surface area contributed by atoms with Crippen LogP contribution in [0.25, 0.3) is 11.0 Å². The summed E-state index contributed by atoms with van der Waals surface area (Å²) in [5, 5.41) is 2.89. The lowest BCUT2D eigenvalue weighted by Gasteiger charge is -2.26. The topological polar surface area (TPSA) is 63.3 Å². The molecular formula is C21H26N4O2. The minimum absolute atomic E-state index is 0.249. The number of fused-ring (bicyclic) bond motifs is 1. The third kappa shape index (κ3) is 3.90. The minimum atomic E-state index is -0.249. The van der Waals surface area contributed by atoms with Crippen LogP contribution < -0.4 is 5.32 Å². The fourth-order valence-electron chi connectivity index (χ4n) is 3.77. The number of benzene rings is 1. The molecule has 2 aromatic heterocycles. The first-order chi connectivity index (χ1) is 13.2. The number of anilines is 1. The molecular weight excluding hydrogens is 340 g/mol. The Morgan fingerprint density at radius 3 is 2.81 bits per heavy atom. The fraction of sp³-hybridized carbons (Fsp3) is 0.429. The predicted molar refractivity (Wildman–Crippen MR) is 106 cm³/mol. The van der Waals surface area contributed by atoms with Gasteiger partial charge in [0.05, 0.1) is 23.8 Å².